The number of aromatic nitrogens is 1. The molecule has 4 heterocycles. The second kappa shape index (κ2) is 9.18. The first-order valence-corrected chi connectivity index (χ1v) is 14.0. The first kappa shape index (κ1) is 22.0. The minimum Gasteiger partial charge on any atom is -0.376 e. The van der Waals surface area contributed by atoms with Crippen molar-refractivity contribution in [3.05, 3.63) is 41.8 Å². The maximum atomic E-state index is 13.6. The van der Waals surface area contributed by atoms with Gasteiger partial charge in [0.15, 0.2) is 5.13 Å². The molecule has 10 heteroatoms. The van der Waals surface area contributed by atoms with Crippen LogP contribution in [0.2, 0.25) is 0 Å². The number of fused-ring (bicyclic) bond motifs is 1. The van der Waals surface area contributed by atoms with Crippen LogP contribution in [0.4, 0.5) is 5.13 Å². The van der Waals surface area contributed by atoms with E-state index in [-0.39, 0.29) is 17.9 Å². The molecule has 170 valence electrons. The molecule has 32 heavy (non-hydrogen) atoms. The topological polar surface area (TPSA) is 79.8 Å². The van der Waals surface area contributed by atoms with Crippen molar-refractivity contribution >= 4 is 54.0 Å². The lowest BCUT2D eigenvalue weighted by molar-refractivity contribution is -0.123. The van der Waals surface area contributed by atoms with Crippen molar-refractivity contribution in [1.82, 2.24) is 9.29 Å². The van der Waals surface area contributed by atoms with Gasteiger partial charge in [-0.2, -0.15) is 4.31 Å². The van der Waals surface area contributed by atoms with Gasteiger partial charge in [-0.3, -0.25) is 9.69 Å². The van der Waals surface area contributed by atoms with E-state index < -0.39 is 10.0 Å². The van der Waals surface area contributed by atoms with Crippen molar-refractivity contribution in [3.63, 3.8) is 0 Å². The second-order valence-corrected chi connectivity index (χ2v) is 12.3. The van der Waals surface area contributed by atoms with Crippen molar-refractivity contribution < 1.29 is 17.9 Å². The third-order valence-corrected chi connectivity index (χ3v) is 10.4. The van der Waals surface area contributed by atoms with E-state index in [0.29, 0.717) is 41.8 Å². The maximum Gasteiger partial charge on any atom is 0.252 e. The van der Waals surface area contributed by atoms with Gasteiger partial charge >= 0.3 is 0 Å². The fourth-order valence-corrected chi connectivity index (χ4v) is 7.93. The lowest BCUT2D eigenvalue weighted by Crippen LogP contribution is -2.46. The normalized spacial score (nSPS) is 20.7. The number of carbonyl (C=O) groups is 1. The predicted molar refractivity (Wildman–Crippen MR) is 127 cm³/mol. The zero-order valence-corrected chi connectivity index (χ0v) is 20.0. The molecular weight excluding hydrogens is 466 g/mol. The zero-order chi connectivity index (χ0) is 22.1. The molecule has 5 rings (SSSR count). The Kier molecular flexibility index (Phi) is 6.31. The molecule has 7 nitrogen and oxygen atoms in total. The highest BCUT2D eigenvalue weighted by Crippen LogP contribution is 2.33. The Hall–Kier alpha value is -1.85. The molecule has 1 aromatic carbocycles. The number of ether oxygens (including phenoxy) is 1. The maximum absolute atomic E-state index is 13.6. The number of nitrogens with zero attached hydrogens (tertiary/aromatic N) is 3. The lowest BCUT2D eigenvalue weighted by Gasteiger charge is -2.33. The molecule has 1 unspecified atom stereocenters. The molecule has 1 atom stereocenters. The highest BCUT2D eigenvalue weighted by atomic mass is 32.2. The number of anilines is 1. The van der Waals surface area contributed by atoms with E-state index in [9.17, 15) is 13.2 Å². The smallest absolute Gasteiger partial charge is 0.252 e. The lowest BCUT2D eigenvalue weighted by atomic mass is 9.96. The van der Waals surface area contributed by atoms with Gasteiger partial charge in [0.2, 0.25) is 5.91 Å². The van der Waals surface area contributed by atoms with Gasteiger partial charge in [0.1, 0.15) is 4.21 Å². The largest absolute Gasteiger partial charge is 0.376 e. The average molecular weight is 492 g/mol. The van der Waals surface area contributed by atoms with Gasteiger partial charge in [-0.05, 0) is 49.3 Å². The number of hydrogen-bond donors (Lipinski definition) is 0. The molecule has 2 saturated heterocycles. The molecule has 1 amide bonds. The van der Waals surface area contributed by atoms with Gasteiger partial charge < -0.3 is 4.74 Å². The minimum atomic E-state index is -3.48. The van der Waals surface area contributed by atoms with Crippen LogP contribution in [-0.2, 0) is 19.6 Å². The van der Waals surface area contributed by atoms with Crippen LogP contribution in [0.25, 0.3) is 10.2 Å². The summed E-state index contributed by atoms with van der Waals surface area (Å²) in [6.45, 7) is 1.92. The van der Waals surface area contributed by atoms with Crippen LogP contribution in [0.1, 0.15) is 25.7 Å². The number of thiazole rings is 1. The number of para-hydroxylation sites is 1. The number of rotatable bonds is 6. The first-order valence-electron chi connectivity index (χ1n) is 10.8. The van der Waals surface area contributed by atoms with E-state index >= 15 is 0 Å². The number of sulfonamides is 1. The highest BCUT2D eigenvalue weighted by Gasteiger charge is 2.36. The monoisotopic (exact) mass is 491 g/mol. The number of hydrogen-bond acceptors (Lipinski definition) is 7. The predicted octanol–water partition coefficient (Wildman–Crippen LogP) is 3.97. The van der Waals surface area contributed by atoms with Gasteiger partial charge in [0.25, 0.3) is 10.0 Å². The Morgan fingerprint density at radius 1 is 1.16 bits per heavy atom. The van der Waals surface area contributed by atoms with E-state index in [4.69, 9.17) is 9.72 Å². The summed E-state index contributed by atoms with van der Waals surface area (Å²) in [5.74, 6) is -0.203. The van der Waals surface area contributed by atoms with Crippen LogP contribution >= 0.6 is 22.7 Å². The van der Waals surface area contributed by atoms with Crippen LogP contribution < -0.4 is 4.90 Å². The van der Waals surface area contributed by atoms with Gasteiger partial charge in [0.05, 0.1) is 22.9 Å². The molecule has 0 saturated carbocycles. The SMILES string of the molecule is O=C(C1CCN(S(=O)(=O)c2cccs2)CC1)N(CC1CCCO1)c1nc2ccccc2s1. The molecule has 3 aromatic rings. The van der Waals surface area contributed by atoms with Crippen LogP contribution in [0.15, 0.2) is 46.0 Å². The Morgan fingerprint density at radius 2 is 1.97 bits per heavy atom. The third kappa shape index (κ3) is 4.34. The molecular formula is C22H25N3O4S3. The van der Waals surface area contributed by atoms with Gasteiger partial charge in [-0.15, -0.1) is 11.3 Å². The van der Waals surface area contributed by atoms with E-state index in [1.54, 1.807) is 22.4 Å². The van der Waals surface area contributed by atoms with Gasteiger partial charge in [-0.1, -0.05) is 29.5 Å². The number of piperidine rings is 1. The molecule has 2 aliphatic rings. The van der Waals surface area contributed by atoms with Crippen LogP contribution in [0, 0.1) is 5.92 Å². The van der Waals surface area contributed by atoms with E-state index in [1.807, 2.05) is 24.3 Å². The van der Waals surface area contributed by atoms with Crippen molar-refractivity contribution in [2.75, 3.05) is 31.1 Å². The van der Waals surface area contributed by atoms with Crippen LogP contribution in [-0.4, -0.2) is 56.0 Å². The van der Waals surface area contributed by atoms with Crippen LogP contribution in [0.3, 0.4) is 0 Å². The molecule has 0 spiro atoms. The van der Waals surface area contributed by atoms with Crippen molar-refractivity contribution in [3.8, 4) is 0 Å². The van der Waals surface area contributed by atoms with E-state index in [1.165, 1.54) is 27.0 Å². The summed E-state index contributed by atoms with van der Waals surface area (Å²) < 4.78 is 34.4. The fourth-order valence-electron chi connectivity index (χ4n) is 4.33. The Morgan fingerprint density at radius 3 is 2.66 bits per heavy atom. The molecule has 0 N–H and O–H groups in total. The molecule has 0 aliphatic carbocycles. The second-order valence-electron chi connectivity index (χ2n) is 8.16. The summed E-state index contributed by atoms with van der Waals surface area (Å²) in [7, 11) is -3.48. The Balaban J connectivity index is 1.33. The Labute approximate surface area is 195 Å². The molecule has 0 radical (unpaired) electrons. The average Bonchev–Trinajstić information content (AvgIpc) is 3.58. The van der Waals surface area contributed by atoms with E-state index in [2.05, 4.69) is 0 Å². The molecule has 2 fully saturated rings. The summed E-state index contributed by atoms with van der Waals surface area (Å²) >= 11 is 2.74. The quantitative estimate of drug-likeness (QED) is 0.521. The molecule has 2 aliphatic heterocycles. The van der Waals surface area contributed by atoms with Crippen LogP contribution in [0.5, 0.6) is 0 Å². The minimum absolute atomic E-state index is 0.0188. The number of amides is 1. The highest BCUT2D eigenvalue weighted by molar-refractivity contribution is 7.91. The third-order valence-electron chi connectivity index (χ3n) is 6.08. The summed E-state index contributed by atoms with van der Waals surface area (Å²) in [6, 6.07) is 11.3. The first-order chi connectivity index (χ1) is 15.5. The molecule has 0 bridgehead atoms. The Bertz CT molecular complexity index is 1150. The summed E-state index contributed by atoms with van der Waals surface area (Å²) in [4.78, 5) is 20.1. The van der Waals surface area contributed by atoms with Crippen molar-refractivity contribution in [1.29, 1.82) is 0 Å². The molecule has 2 aromatic heterocycles. The van der Waals surface area contributed by atoms with Crippen molar-refractivity contribution in [2.45, 2.75) is 36.0 Å². The fraction of sp³-hybridized carbons (Fsp3) is 0.455. The van der Waals surface area contributed by atoms with Gasteiger partial charge in [-0.25, -0.2) is 13.4 Å². The van der Waals surface area contributed by atoms with Crippen molar-refractivity contribution in [2.24, 2.45) is 5.92 Å². The number of carbonyl (C=O) groups excluding carboxylic acids is 1. The summed E-state index contributed by atoms with van der Waals surface area (Å²) in [5.41, 5.74) is 0.884. The standard InChI is InChI=1S/C22H25N3O4S3/c26-21(16-9-11-24(12-10-16)32(27,28)20-8-4-14-30-20)25(15-17-5-3-13-29-17)22-23-18-6-1-2-7-19(18)31-22/h1-2,4,6-8,14,16-17H,3,5,9-13,15H2. The number of thiophene rings is 1. The summed E-state index contributed by atoms with van der Waals surface area (Å²) in [5, 5.41) is 2.46. The summed E-state index contributed by atoms with van der Waals surface area (Å²) in [6.07, 6.45) is 2.98. The number of benzene rings is 1. The van der Waals surface area contributed by atoms with E-state index in [0.717, 1.165) is 29.7 Å². The zero-order valence-electron chi connectivity index (χ0n) is 17.6. The van der Waals surface area contributed by atoms with Gasteiger partial charge in [0, 0.05) is 25.6 Å².